The largest absolute Gasteiger partial charge is 0.330 e. The molecule has 2 heteroatoms. The summed E-state index contributed by atoms with van der Waals surface area (Å²) in [5, 5.41) is 0. The standard InChI is InChI=1S/C8H18N.Y/c1-5-7-9(6-2)8(3)4;/h8H,2,5-7H2,1,3-4H3;/q-1;. The van der Waals surface area contributed by atoms with Crippen LogP contribution in [-0.2, 0) is 32.7 Å². The van der Waals surface area contributed by atoms with E-state index in [1.165, 1.54) is 13.0 Å². The van der Waals surface area contributed by atoms with Gasteiger partial charge >= 0.3 is 0 Å². The quantitative estimate of drug-likeness (QED) is 0.650. The summed E-state index contributed by atoms with van der Waals surface area (Å²) in [5.41, 5.74) is 0. The normalized spacial score (nSPS) is 10.2. The van der Waals surface area contributed by atoms with Gasteiger partial charge in [0, 0.05) is 38.8 Å². The van der Waals surface area contributed by atoms with E-state index in [2.05, 4.69) is 32.6 Å². The van der Waals surface area contributed by atoms with Crippen molar-refractivity contribution in [3.63, 3.8) is 0 Å². The third-order valence-electron chi connectivity index (χ3n) is 1.53. The van der Waals surface area contributed by atoms with Gasteiger partial charge in [-0.2, -0.15) is 0 Å². The summed E-state index contributed by atoms with van der Waals surface area (Å²) in [6.45, 7) is 12.6. The first-order chi connectivity index (χ1) is 4.22. The Morgan fingerprint density at radius 2 is 1.90 bits per heavy atom. The second-order valence-corrected chi connectivity index (χ2v) is 2.63. The molecular formula is C8H18NY-. The fraction of sp³-hybridized carbons (Fsp3) is 0.875. The van der Waals surface area contributed by atoms with Crippen LogP contribution in [0.25, 0.3) is 0 Å². The van der Waals surface area contributed by atoms with Gasteiger partial charge in [-0.3, -0.25) is 0 Å². The summed E-state index contributed by atoms with van der Waals surface area (Å²) in [7, 11) is 0. The van der Waals surface area contributed by atoms with Crippen LogP contribution in [-0.4, -0.2) is 24.0 Å². The van der Waals surface area contributed by atoms with Crippen LogP contribution in [0, 0.1) is 6.92 Å². The van der Waals surface area contributed by atoms with Gasteiger partial charge in [0.1, 0.15) is 0 Å². The minimum atomic E-state index is 0. The zero-order valence-corrected chi connectivity index (χ0v) is 10.3. The van der Waals surface area contributed by atoms with E-state index >= 15 is 0 Å². The fourth-order valence-corrected chi connectivity index (χ4v) is 0.915. The van der Waals surface area contributed by atoms with Gasteiger partial charge in [0.15, 0.2) is 0 Å². The molecule has 0 saturated heterocycles. The van der Waals surface area contributed by atoms with Crippen LogP contribution >= 0.6 is 0 Å². The zero-order valence-electron chi connectivity index (χ0n) is 7.43. The van der Waals surface area contributed by atoms with E-state index in [-0.39, 0.29) is 32.7 Å². The predicted octanol–water partition coefficient (Wildman–Crippen LogP) is 1.94. The van der Waals surface area contributed by atoms with Crippen LogP contribution in [0.1, 0.15) is 27.2 Å². The van der Waals surface area contributed by atoms with Crippen molar-refractivity contribution in [2.75, 3.05) is 13.1 Å². The van der Waals surface area contributed by atoms with Crippen LogP contribution in [0.4, 0.5) is 0 Å². The maximum atomic E-state index is 3.85. The average molecular weight is 217 g/mol. The van der Waals surface area contributed by atoms with Crippen molar-refractivity contribution >= 4 is 0 Å². The van der Waals surface area contributed by atoms with Crippen LogP contribution in [0.3, 0.4) is 0 Å². The summed E-state index contributed by atoms with van der Waals surface area (Å²) in [6, 6.07) is 0.655. The topological polar surface area (TPSA) is 3.24 Å². The van der Waals surface area contributed by atoms with Gasteiger partial charge in [-0.15, -0.1) is 6.54 Å². The number of nitrogens with zero attached hydrogens (tertiary/aromatic N) is 1. The van der Waals surface area contributed by atoms with E-state index in [9.17, 15) is 0 Å². The first kappa shape index (κ1) is 13.6. The van der Waals surface area contributed by atoms with Crippen molar-refractivity contribution in [1.29, 1.82) is 0 Å². The SMILES string of the molecule is [CH2-]CN(CCC)C(C)C.[Y]. The predicted molar refractivity (Wildman–Crippen MR) is 42.4 cm³/mol. The van der Waals surface area contributed by atoms with E-state index in [1.807, 2.05) is 0 Å². The minimum absolute atomic E-state index is 0. The minimum Gasteiger partial charge on any atom is -0.330 e. The second kappa shape index (κ2) is 8.16. The van der Waals surface area contributed by atoms with Gasteiger partial charge in [-0.05, 0) is 26.8 Å². The molecule has 1 nitrogen and oxygen atoms in total. The molecule has 0 fully saturated rings. The Labute approximate surface area is 90.4 Å². The van der Waals surface area contributed by atoms with Gasteiger partial charge in [-0.1, -0.05) is 6.92 Å². The number of hydrogen-bond donors (Lipinski definition) is 0. The number of rotatable bonds is 4. The Morgan fingerprint density at radius 3 is 2.00 bits per heavy atom. The molecule has 0 aromatic heterocycles. The monoisotopic (exact) mass is 217 g/mol. The third kappa shape index (κ3) is 5.82. The van der Waals surface area contributed by atoms with Gasteiger partial charge in [0.25, 0.3) is 0 Å². The van der Waals surface area contributed by atoms with Gasteiger partial charge in [-0.25, -0.2) is 0 Å². The molecule has 0 atom stereocenters. The average Bonchev–Trinajstić information content (AvgIpc) is 1.82. The van der Waals surface area contributed by atoms with Crippen molar-refractivity contribution in [2.45, 2.75) is 33.2 Å². The van der Waals surface area contributed by atoms with Crippen molar-refractivity contribution in [3.8, 4) is 0 Å². The molecule has 0 N–H and O–H groups in total. The van der Waals surface area contributed by atoms with E-state index in [1.54, 1.807) is 0 Å². The van der Waals surface area contributed by atoms with Gasteiger partial charge in [0.05, 0.1) is 0 Å². The van der Waals surface area contributed by atoms with E-state index in [4.69, 9.17) is 0 Å². The summed E-state index contributed by atoms with van der Waals surface area (Å²) in [6.07, 6.45) is 1.23. The Hall–Kier alpha value is 1.06. The van der Waals surface area contributed by atoms with E-state index in [0.717, 1.165) is 6.54 Å². The molecule has 0 aliphatic rings. The third-order valence-corrected chi connectivity index (χ3v) is 1.53. The Balaban J connectivity index is 0. The van der Waals surface area contributed by atoms with Gasteiger partial charge in [0.2, 0.25) is 0 Å². The van der Waals surface area contributed by atoms with Crippen LogP contribution in [0.15, 0.2) is 0 Å². The molecule has 1 radical (unpaired) electrons. The van der Waals surface area contributed by atoms with Crippen molar-refractivity contribution in [1.82, 2.24) is 4.90 Å². The first-order valence-corrected chi connectivity index (χ1v) is 3.75. The van der Waals surface area contributed by atoms with Gasteiger partial charge < -0.3 is 11.8 Å². The molecule has 0 saturated carbocycles. The Bertz CT molecular complexity index is 64.3. The van der Waals surface area contributed by atoms with Crippen molar-refractivity contribution in [2.24, 2.45) is 0 Å². The zero-order chi connectivity index (χ0) is 7.28. The molecule has 0 aromatic carbocycles. The molecule has 0 unspecified atom stereocenters. The van der Waals surface area contributed by atoms with Crippen molar-refractivity contribution in [3.05, 3.63) is 6.92 Å². The van der Waals surface area contributed by atoms with E-state index < -0.39 is 0 Å². The molecule has 10 heavy (non-hydrogen) atoms. The summed E-state index contributed by atoms with van der Waals surface area (Å²) < 4.78 is 0. The van der Waals surface area contributed by atoms with Crippen LogP contribution < -0.4 is 0 Å². The van der Waals surface area contributed by atoms with E-state index in [0.29, 0.717) is 6.04 Å². The molecule has 0 amide bonds. The maximum absolute atomic E-state index is 3.85. The fourth-order valence-electron chi connectivity index (χ4n) is 0.915. The summed E-state index contributed by atoms with van der Waals surface area (Å²) in [4.78, 5) is 2.36. The Morgan fingerprint density at radius 1 is 1.40 bits per heavy atom. The van der Waals surface area contributed by atoms with Crippen molar-refractivity contribution < 1.29 is 32.7 Å². The molecule has 0 rings (SSSR count). The molecular weight excluding hydrogens is 199 g/mol. The van der Waals surface area contributed by atoms with Crippen LogP contribution in [0.2, 0.25) is 0 Å². The number of hydrogen-bond acceptors (Lipinski definition) is 1. The molecule has 0 aromatic rings. The summed E-state index contributed by atoms with van der Waals surface area (Å²) >= 11 is 0. The maximum Gasteiger partial charge on any atom is 0.001000 e. The molecule has 0 aliphatic heterocycles. The molecule has 0 spiro atoms. The second-order valence-electron chi connectivity index (χ2n) is 2.63. The molecule has 0 bridgehead atoms. The first-order valence-electron chi connectivity index (χ1n) is 3.75. The Kier molecular flexibility index (Phi) is 11.1. The molecule has 59 valence electrons. The smallest absolute Gasteiger partial charge is 0.001000 e. The molecule has 0 aliphatic carbocycles. The molecule has 0 heterocycles. The van der Waals surface area contributed by atoms with Crippen LogP contribution in [0.5, 0.6) is 0 Å². The summed E-state index contributed by atoms with van der Waals surface area (Å²) in [5.74, 6) is 0.